The number of unbranched alkanes of at least 4 members (excludes halogenated alkanes) is 1. The van der Waals surface area contributed by atoms with Crippen LogP contribution in [0, 0.1) is 0 Å². The quantitative estimate of drug-likeness (QED) is 0.728. The van der Waals surface area contributed by atoms with Crippen LogP contribution < -0.4 is 0 Å². The van der Waals surface area contributed by atoms with E-state index < -0.39 is 0 Å². The number of hydrogen-bond donors (Lipinski definition) is 0. The Hall–Kier alpha value is -2.09. The summed E-state index contributed by atoms with van der Waals surface area (Å²) in [7, 11) is 0. The highest BCUT2D eigenvalue weighted by Gasteiger charge is 2.14. The zero-order chi connectivity index (χ0) is 12.8. The SMILES string of the molecule is CCC/C=C/c1occc1C(=O)c1ccccc1. The number of furan rings is 1. The first-order valence-electron chi connectivity index (χ1n) is 6.16. The van der Waals surface area contributed by atoms with Gasteiger partial charge in [-0.3, -0.25) is 4.79 Å². The topological polar surface area (TPSA) is 30.2 Å². The minimum atomic E-state index is 0.000462. The van der Waals surface area contributed by atoms with Gasteiger partial charge in [-0.2, -0.15) is 0 Å². The molecule has 0 bridgehead atoms. The highest BCUT2D eigenvalue weighted by molar-refractivity contribution is 6.10. The van der Waals surface area contributed by atoms with Gasteiger partial charge < -0.3 is 4.42 Å². The van der Waals surface area contributed by atoms with E-state index in [4.69, 9.17) is 4.42 Å². The van der Waals surface area contributed by atoms with E-state index >= 15 is 0 Å². The second-order valence-electron chi connectivity index (χ2n) is 4.08. The summed E-state index contributed by atoms with van der Waals surface area (Å²) in [6.45, 7) is 2.11. The monoisotopic (exact) mass is 240 g/mol. The summed E-state index contributed by atoms with van der Waals surface area (Å²) in [5.74, 6) is 0.637. The average Bonchev–Trinajstić information content (AvgIpc) is 2.88. The van der Waals surface area contributed by atoms with Crippen LogP contribution in [0.3, 0.4) is 0 Å². The molecule has 0 aliphatic heterocycles. The van der Waals surface area contributed by atoms with Gasteiger partial charge in [0, 0.05) is 5.56 Å². The Morgan fingerprint density at radius 3 is 2.72 bits per heavy atom. The van der Waals surface area contributed by atoms with Crippen molar-refractivity contribution in [3.05, 3.63) is 65.6 Å². The van der Waals surface area contributed by atoms with Crippen molar-refractivity contribution in [2.45, 2.75) is 19.8 Å². The molecular weight excluding hydrogens is 224 g/mol. The smallest absolute Gasteiger partial charge is 0.196 e. The molecule has 0 fully saturated rings. The lowest BCUT2D eigenvalue weighted by atomic mass is 10.0. The van der Waals surface area contributed by atoms with Crippen LogP contribution in [0.15, 0.2) is 53.2 Å². The molecule has 0 radical (unpaired) electrons. The molecule has 0 atom stereocenters. The Labute approximate surface area is 107 Å². The predicted octanol–water partition coefficient (Wildman–Crippen LogP) is 4.32. The number of rotatable bonds is 5. The van der Waals surface area contributed by atoms with E-state index in [0.29, 0.717) is 16.9 Å². The van der Waals surface area contributed by atoms with E-state index in [9.17, 15) is 4.79 Å². The van der Waals surface area contributed by atoms with Crippen molar-refractivity contribution in [3.63, 3.8) is 0 Å². The molecule has 2 aromatic rings. The first-order valence-corrected chi connectivity index (χ1v) is 6.16. The van der Waals surface area contributed by atoms with Gasteiger partial charge in [0.15, 0.2) is 5.78 Å². The van der Waals surface area contributed by atoms with Crippen molar-refractivity contribution in [1.82, 2.24) is 0 Å². The lowest BCUT2D eigenvalue weighted by Gasteiger charge is -1.99. The van der Waals surface area contributed by atoms with Crippen LogP contribution in [0.25, 0.3) is 6.08 Å². The molecule has 1 heterocycles. The first-order chi connectivity index (χ1) is 8.83. The van der Waals surface area contributed by atoms with E-state index in [1.807, 2.05) is 42.5 Å². The number of carbonyl (C=O) groups excluding carboxylic acids is 1. The zero-order valence-electron chi connectivity index (χ0n) is 10.4. The number of ketones is 1. The third kappa shape index (κ3) is 2.77. The lowest BCUT2D eigenvalue weighted by molar-refractivity contribution is 0.103. The Bertz CT molecular complexity index is 535. The second kappa shape index (κ2) is 6.01. The van der Waals surface area contributed by atoms with E-state index in [1.54, 1.807) is 12.3 Å². The fraction of sp³-hybridized carbons (Fsp3) is 0.188. The minimum Gasteiger partial charge on any atom is -0.464 e. The van der Waals surface area contributed by atoms with Crippen molar-refractivity contribution in [3.8, 4) is 0 Å². The highest BCUT2D eigenvalue weighted by atomic mass is 16.3. The predicted molar refractivity (Wildman–Crippen MR) is 72.5 cm³/mol. The van der Waals surface area contributed by atoms with E-state index in [0.717, 1.165) is 12.8 Å². The van der Waals surface area contributed by atoms with Crippen molar-refractivity contribution >= 4 is 11.9 Å². The van der Waals surface area contributed by atoms with Crippen LogP contribution in [0.2, 0.25) is 0 Å². The third-order valence-electron chi connectivity index (χ3n) is 2.70. The van der Waals surface area contributed by atoms with Gasteiger partial charge in [0.2, 0.25) is 0 Å². The van der Waals surface area contributed by atoms with Crippen LogP contribution in [0.5, 0.6) is 0 Å². The maximum atomic E-state index is 12.3. The minimum absolute atomic E-state index is 0.000462. The largest absolute Gasteiger partial charge is 0.464 e. The lowest BCUT2D eigenvalue weighted by Crippen LogP contribution is -2.00. The summed E-state index contributed by atoms with van der Waals surface area (Å²) in [4.78, 5) is 12.3. The zero-order valence-corrected chi connectivity index (χ0v) is 10.4. The van der Waals surface area contributed by atoms with E-state index in [2.05, 4.69) is 6.92 Å². The maximum Gasteiger partial charge on any atom is 0.196 e. The van der Waals surface area contributed by atoms with Gasteiger partial charge in [-0.05, 0) is 18.6 Å². The summed E-state index contributed by atoms with van der Waals surface area (Å²) in [5, 5.41) is 0. The Kier molecular flexibility index (Phi) is 4.13. The molecule has 18 heavy (non-hydrogen) atoms. The van der Waals surface area contributed by atoms with Crippen molar-refractivity contribution < 1.29 is 9.21 Å². The highest BCUT2D eigenvalue weighted by Crippen LogP contribution is 2.17. The molecule has 0 amide bonds. The van der Waals surface area contributed by atoms with E-state index in [-0.39, 0.29) is 5.78 Å². The Morgan fingerprint density at radius 2 is 2.00 bits per heavy atom. The van der Waals surface area contributed by atoms with Crippen molar-refractivity contribution in [2.24, 2.45) is 0 Å². The normalized spacial score (nSPS) is 10.9. The molecule has 2 nitrogen and oxygen atoms in total. The van der Waals surface area contributed by atoms with Crippen LogP contribution >= 0.6 is 0 Å². The first kappa shape index (κ1) is 12.4. The number of benzene rings is 1. The van der Waals surface area contributed by atoms with Gasteiger partial charge in [-0.15, -0.1) is 0 Å². The fourth-order valence-electron chi connectivity index (χ4n) is 1.74. The van der Waals surface area contributed by atoms with Gasteiger partial charge in [0.05, 0.1) is 11.8 Å². The second-order valence-corrected chi connectivity index (χ2v) is 4.08. The maximum absolute atomic E-state index is 12.3. The fourth-order valence-corrected chi connectivity index (χ4v) is 1.74. The number of hydrogen-bond acceptors (Lipinski definition) is 2. The Balaban J connectivity index is 2.24. The molecule has 1 aromatic carbocycles. The molecule has 0 saturated heterocycles. The van der Waals surface area contributed by atoms with Crippen molar-refractivity contribution in [2.75, 3.05) is 0 Å². The van der Waals surface area contributed by atoms with Gasteiger partial charge in [-0.1, -0.05) is 49.8 Å². The summed E-state index contributed by atoms with van der Waals surface area (Å²) >= 11 is 0. The molecule has 1 aromatic heterocycles. The molecule has 0 spiro atoms. The van der Waals surface area contributed by atoms with Gasteiger partial charge in [0.25, 0.3) is 0 Å². The van der Waals surface area contributed by atoms with Crippen molar-refractivity contribution in [1.29, 1.82) is 0 Å². The molecule has 2 heteroatoms. The molecular formula is C16H16O2. The molecule has 0 unspecified atom stereocenters. The summed E-state index contributed by atoms with van der Waals surface area (Å²) in [5.41, 5.74) is 1.30. The van der Waals surface area contributed by atoms with Crippen LogP contribution in [-0.4, -0.2) is 5.78 Å². The van der Waals surface area contributed by atoms with Gasteiger partial charge in [0.1, 0.15) is 5.76 Å². The standard InChI is InChI=1S/C16H16O2/c1-2-3-5-10-15-14(11-12-18-15)16(17)13-8-6-4-7-9-13/h4-12H,2-3H2,1H3/b10-5+. The molecule has 0 aliphatic rings. The molecule has 2 rings (SSSR count). The molecule has 92 valence electrons. The van der Waals surface area contributed by atoms with Crippen LogP contribution in [-0.2, 0) is 0 Å². The van der Waals surface area contributed by atoms with Crippen LogP contribution in [0.4, 0.5) is 0 Å². The van der Waals surface area contributed by atoms with E-state index in [1.165, 1.54) is 0 Å². The van der Waals surface area contributed by atoms with Gasteiger partial charge >= 0.3 is 0 Å². The summed E-state index contributed by atoms with van der Waals surface area (Å²) < 4.78 is 5.35. The number of allylic oxidation sites excluding steroid dienone is 1. The molecule has 0 saturated carbocycles. The van der Waals surface area contributed by atoms with Crippen LogP contribution in [0.1, 0.15) is 41.4 Å². The summed E-state index contributed by atoms with van der Waals surface area (Å²) in [6.07, 6.45) is 7.53. The van der Waals surface area contributed by atoms with Gasteiger partial charge in [-0.25, -0.2) is 0 Å². The summed E-state index contributed by atoms with van der Waals surface area (Å²) in [6, 6.07) is 11.0. The molecule has 0 N–H and O–H groups in total. The number of carbonyl (C=O) groups is 1. The average molecular weight is 240 g/mol. The Morgan fingerprint density at radius 1 is 1.22 bits per heavy atom. The third-order valence-corrected chi connectivity index (χ3v) is 2.70. The molecule has 0 aliphatic carbocycles.